The largest absolute Gasteiger partial charge is 0.450 e. The summed E-state index contributed by atoms with van der Waals surface area (Å²) in [5.41, 5.74) is 0. The maximum Gasteiger partial charge on any atom is 0.409 e. The van der Waals surface area contributed by atoms with E-state index in [1.807, 2.05) is 18.7 Å². The molecular weight excluding hydrogens is 288 g/mol. The number of amides is 1. The molecule has 0 spiro atoms. The second kappa shape index (κ2) is 8.36. The van der Waals surface area contributed by atoms with Crippen LogP contribution in [-0.4, -0.2) is 79.2 Å². The van der Waals surface area contributed by atoms with E-state index in [1.54, 1.807) is 11.9 Å². The summed E-state index contributed by atoms with van der Waals surface area (Å²) in [6.45, 7) is 10.4. The summed E-state index contributed by atoms with van der Waals surface area (Å²) >= 11 is 1.83. The molecule has 1 fully saturated rings. The molecule has 1 saturated heterocycles. The third-order valence-electron chi connectivity index (χ3n) is 3.54. The monoisotopic (exact) mass is 316 g/mol. The lowest BCUT2D eigenvalue weighted by atomic mass is 10.2. The Bertz CT molecular complexity index is 366. The molecule has 122 valence electrons. The van der Waals surface area contributed by atoms with Crippen molar-refractivity contribution in [3.05, 3.63) is 0 Å². The predicted octanol–water partition coefficient (Wildman–Crippen LogP) is 1.48. The lowest BCUT2D eigenvalue weighted by molar-refractivity contribution is 0.0914. The van der Waals surface area contributed by atoms with Crippen LogP contribution < -0.4 is 5.32 Å². The lowest BCUT2D eigenvalue weighted by Gasteiger charge is -2.36. The molecule has 0 saturated carbocycles. The molecule has 0 aromatic rings. The summed E-state index contributed by atoms with van der Waals surface area (Å²) in [5, 5.41) is 3.42. The maximum absolute atomic E-state index is 11.7. The second-order valence-corrected chi connectivity index (χ2v) is 7.05. The number of guanidine groups is 1. The Morgan fingerprint density at radius 3 is 2.33 bits per heavy atom. The van der Waals surface area contributed by atoms with Gasteiger partial charge in [0.1, 0.15) is 0 Å². The first-order chi connectivity index (χ1) is 9.93. The van der Waals surface area contributed by atoms with Crippen LogP contribution in [-0.2, 0) is 4.74 Å². The number of thioether (sulfide) groups is 1. The van der Waals surface area contributed by atoms with Gasteiger partial charge in [-0.3, -0.25) is 4.99 Å². The molecule has 7 heteroatoms. The van der Waals surface area contributed by atoms with Crippen molar-refractivity contribution in [1.82, 2.24) is 15.1 Å². The zero-order chi connectivity index (χ0) is 15.9. The van der Waals surface area contributed by atoms with Gasteiger partial charge < -0.3 is 19.9 Å². The molecule has 1 amide bonds. The molecule has 21 heavy (non-hydrogen) atoms. The molecule has 0 bridgehead atoms. The van der Waals surface area contributed by atoms with Crippen molar-refractivity contribution < 1.29 is 9.53 Å². The second-order valence-electron chi connectivity index (χ2n) is 5.54. The zero-order valence-corrected chi connectivity index (χ0v) is 14.6. The molecule has 1 aliphatic heterocycles. The smallest absolute Gasteiger partial charge is 0.409 e. The minimum Gasteiger partial charge on any atom is -0.450 e. The van der Waals surface area contributed by atoms with Gasteiger partial charge in [-0.05, 0) is 27.0 Å². The molecule has 0 unspecified atom stereocenters. The van der Waals surface area contributed by atoms with Crippen LogP contribution >= 0.6 is 11.8 Å². The van der Waals surface area contributed by atoms with Gasteiger partial charge in [-0.2, -0.15) is 11.8 Å². The van der Waals surface area contributed by atoms with Gasteiger partial charge in [-0.1, -0.05) is 0 Å². The molecule has 0 atom stereocenters. The third-order valence-corrected chi connectivity index (χ3v) is 4.79. The maximum atomic E-state index is 11.7. The Labute approximate surface area is 132 Å². The summed E-state index contributed by atoms with van der Waals surface area (Å²) in [4.78, 5) is 20.0. The van der Waals surface area contributed by atoms with E-state index in [0.29, 0.717) is 19.7 Å². The van der Waals surface area contributed by atoms with Crippen molar-refractivity contribution in [2.45, 2.75) is 25.5 Å². The van der Waals surface area contributed by atoms with E-state index in [9.17, 15) is 4.79 Å². The number of rotatable bonds is 4. The molecule has 0 aliphatic carbocycles. The normalized spacial score (nSPS) is 16.9. The van der Waals surface area contributed by atoms with Crippen molar-refractivity contribution in [3.8, 4) is 0 Å². The first-order valence-electron chi connectivity index (χ1n) is 7.36. The van der Waals surface area contributed by atoms with E-state index >= 15 is 0 Å². The fourth-order valence-corrected chi connectivity index (χ4v) is 2.23. The van der Waals surface area contributed by atoms with Crippen LogP contribution in [0.25, 0.3) is 0 Å². The zero-order valence-electron chi connectivity index (χ0n) is 13.8. The van der Waals surface area contributed by atoms with Gasteiger partial charge in [0.25, 0.3) is 0 Å². The highest BCUT2D eigenvalue weighted by Gasteiger charge is 2.24. The molecule has 1 heterocycles. The SMILES string of the molecule is CCOC(=O)N1CCN(C(=NC)NCC(C)(C)SC)CC1. The van der Waals surface area contributed by atoms with Gasteiger partial charge in [-0.15, -0.1) is 0 Å². The lowest BCUT2D eigenvalue weighted by Crippen LogP contribution is -2.55. The number of hydrogen-bond acceptors (Lipinski definition) is 4. The fourth-order valence-electron chi connectivity index (χ4n) is 2.01. The summed E-state index contributed by atoms with van der Waals surface area (Å²) in [7, 11) is 1.80. The Morgan fingerprint density at radius 1 is 1.29 bits per heavy atom. The minimum atomic E-state index is -0.219. The van der Waals surface area contributed by atoms with Crippen molar-refractivity contribution >= 4 is 23.8 Å². The van der Waals surface area contributed by atoms with Gasteiger partial charge in [0.05, 0.1) is 6.61 Å². The van der Waals surface area contributed by atoms with Crippen molar-refractivity contribution in [1.29, 1.82) is 0 Å². The van der Waals surface area contributed by atoms with E-state index in [1.165, 1.54) is 0 Å². The van der Waals surface area contributed by atoms with Crippen LogP contribution in [0.4, 0.5) is 4.79 Å². The first kappa shape index (κ1) is 17.9. The average Bonchev–Trinajstić information content (AvgIpc) is 2.48. The standard InChI is InChI=1S/C14H28N4O2S/c1-6-20-13(19)18-9-7-17(8-10-18)12(15-4)16-11-14(2,3)21-5/h6-11H2,1-5H3,(H,15,16). The van der Waals surface area contributed by atoms with Crippen molar-refractivity contribution in [2.24, 2.45) is 4.99 Å². The van der Waals surface area contributed by atoms with Crippen LogP contribution in [0.3, 0.4) is 0 Å². The van der Waals surface area contributed by atoms with Gasteiger partial charge in [-0.25, -0.2) is 4.79 Å². The number of hydrogen-bond donors (Lipinski definition) is 1. The van der Waals surface area contributed by atoms with Gasteiger partial charge >= 0.3 is 6.09 Å². The Kier molecular flexibility index (Phi) is 7.14. The summed E-state index contributed by atoms with van der Waals surface area (Å²) in [6.07, 6.45) is 1.89. The number of nitrogens with zero attached hydrogens (tertiary/aromatic N) is 3. The Hall–Kier alpha value is -1.11. The molecule has 6 nitrogen and oxygen atoms in total. The number of aliphatic imine (C=N–C) groups is 1. The highest BCUT2D eigenvalue weighted by molar-refractivity contribution is 7.99. The fraction of sp³-hybridized carbons (Fsp3) is 0.857. The number of ether oxygens (including phenoxy) is 1. The Morgan fingerprint density at radius 2 is 1.86 bits per heavy atom. The van der Waals surface area contributed by atoms with E-state index in [-0.39, 0.29) is 10.8 Å². The van der Waals surface area contributed by atoms with E-state index < -0.39 is 0 Å². The summed E-state index contributed by atoms with van der Waals surface area (Å²) < 4.78 is 5.20. The number of piperazine rings is 1. The van der Waals surface area contributed by atoms with Crippen LogP contribution in [0, 0.1) is 0 Å². The van der Waals surface area contributed by atoms with Crippen LogP contribution in [0.15, 0.2) is 4.99 Å². The molecule has 0 radical (unpaired) electrons. The molecule has 1 aliphatic rings. The average molecular weight is 316 g/mol. The van der Waals surface area contributed by atoms with Crippen molar-refractivity contribution in [3.63, 3.8) is 0 Å². The van der Waals surface area contributed by atoms with Crippen LogP contribution in [0.2, 0.25) is 0 Å². The van der Waals surface area contributed by atoms with E-state index in [2.05, 4.69) is 35.3 Å². The van der Waals surface area contributed by atoms with Gasteiger partial charge in [0, 0.05) is 44.5 Å². The summed E-state index contributed by atoms with van der Waals surface area (Å²) in [5.74, 6) is 0.903. The topological polar surface area (TPSA) is 57.2 Å². The van der Waals surface area contributed by atoms with Crippen LogP contribution in [0.1, 0.15) is 20.8 Å². The number of carbonyl (C=O) groups is 1. The Balaban J connectivity index is 2.46. The molecule has 0 aromatic heterocycles. The molecule has 1 N–H and O–H groups in total. The van der Waals surface area contributed by atoms with Gasteiger partial charge in [0.2, 0.25) is 0 Å². The molecule has 0 aromatic carbocycles. The quantitative estimate of drug-likeness (QED) is 0.629. The van der Waals surface area contributed by atoms with Crippen molar-refractivity contribution in [2.75, 3.05) is 52.6 Å². The van der Waals surface area contributed by atoms with E-state index in [0.717, 1.165) is 25.6 Å². The third kappa shape index (κ3) is 5.65. The van der Waals surface area contributed by atoms with Crippen LogP contribution in [0.5, 0.6) is 0 Å². The highest BCUT2D eigenvalue weighted by atomic mass is 32.2. The molecule has 1 rings (SSSR count). The number of nitrogens with one attached hydrogen (secondary N) is 1. The van der Waals surface area contributed by atoms with Gasteiger partial charge in [0.15, 0.2) is 5.96 Å². The summed E-state index contributed by atoms with van der Waals surface area (Å²) in [6, 6.07) is 0. The molecular formula is C14H28N4O2S. The minimum absolute atomic E-state index is 0.169. The number of carbonyl (C=O) groups excluding carboxylic acids is 1. The van der Waals surface area contributed by atoms with E-state index in [4.69, 9.17) is 4.74 Å². The first-order valence-corrected chi connectivity index (χ1v) is 8.58. The predicted molar refractivity (Wildman–Crippen MR) is 89.1 cm³/mol. The highest BCUT2D eigenvalue weighted by Crippen LogP contribution is 2.19.